The van der Waals surface area contributed by atoms with Gasteiger partial charge in [-0.05, 0) is 66.8 Å². The highest BCUT2D eigenvalue weighted by Gasteiger charge is 2.45. The lowest BCUT2D eigenvalue weighted by Crippen LogP contribution is -2.59. The lowest BCUT2D eigenvalue weighted by atomic mass is 9.71. The third kappa shape index (κ3) is 7.13. The maximum absolute atomic E-state index is 13.2. The molecule has 1 unspecified atom stereocenters. The van der Waals surface area contributed by atoms with E-state index < -0.39 is 20.8 Å². The maximum atomic E-state index is 13.2. The minimum Gasteiger partial charge on any atom is -0.353 e. The fourth-order valence-electron chi connectivity index (χ4n) is 4.96. The van der Waals surface area contributed by atoms with Gasteiger partial charge < -0.3 is 10.2 Å². The number of Topliss-reactive ketones (excluding diaryl/α,β-unsaturated/α-hetero) is 1. The fraction of sp³-hybridized carbons (Fsp3) is 0.905. The largest absolute Gasteiger partial charge is 0.353 e. The highest BCUT2D eigenvalue weighted by molar-refractivity contribution is 7.91. The molecule has 2 saturated heterocycles. The first-order valence-electron chi connectivity index (χ1n) is 11.2. The summed E-state index contributed by atoms with van der Waals surface area (Å²) in [5, 5.41) is 12.5. The molecule has 2 aliphatic heterocycles. The average Bonchev–Trinajstić information content (AvgIpc) is 2.66. The number of carbonyl (C=O) groups is 2. The van der Waals surface area contributed by atoms with Crippen LogP contribution in [0.3, 0.4) is 0 Å². The molecule has 32 heavy (non-hydrogen) atoms. The van der Waals surface area contributed by atoms with Gasteiger partial charge in [-0.15, -0.1) is 10.1 Å². The number of hydrogen-bond donors (Lipinski definition) is 1. The van der Waals surface area contributed by atoms with E-state index in [4.69, 9.17) is 0 Å². The molecule has 0 aromatic carbocycles. The van der Waals surface area contributed by atoms with Crippen molar-refractivity contribution >= 4 is 21.5 Å². The Morgan fingerprint density at radius 2 is 1.69 bits per heavy atom. The van der Waals surface area contributed by atoms with Crippen molar-refractivity contribution in [2.24, 2.45) is 11.8 Å². The van der Waals surface area contributed by atoms with Gasteiger partial charge in [-0.3, -0.25) is 14.5 Å². The summed E-state index contributed by atoms with van der Waals surface area (Å²) in [7, 11) is -1.01. The molecule has 0 radical (unpaired) electrons. The first-order chi connectivity index (χ1) is 14.6. The van der Waals surface area contributed by atoms with Crippen molar-refractivity contribution in [3.05, 3.63) is 10.1 Å². The molecule has 1 atom stereocenters. The molecule has 2 heterocycles. The molecule has 1 N–H and O–H groups in total. The monoisotopic (exact) mass is 475 g/mol. The zero-order valence-corrected chi connectivity index (χ0v) is 20.6. The Kier molecular flexibility index (Phi) is 8.30. The number of carbonyl (C=O) groups excluding carboxylic acids is 2. The minimum atomic E-state index is -3.06. The molecule has 0 aromatic heterocycles. The van der Waals surface area contributed by atoms with Crippen LogP contribution < -0.4 is 5.32 Å². The van der Waals surface area contributed by atoms with Crippen molar-refractivity contribution in [3.63, 3.8) is 0 Å². The molecule has 11 heteroatoms. The zero-order chi connectivity index (χ0) is 24.3. The zero-order valence-electron chi connectivity index (χ0n) is 19.8. The fourth-order valence-corrected chi connectivity index (χ4v) is 6.45. The first kappa shape index (κ1) is 26.5. The molecular formula is C21H37N3O7S. The maximum Gasteiger partial charge on any atom is 0.294 e. The third-order valence-corrected chi connectivity index (χ3v) is 8.86. The lowest BCUT2D eigenvalue weighted by Gasteiger charge is -2.53. The summed E-state index contributed by atoms with van der Waals surface area (Å²) < 4.78 is 23.3. The second-order valence-electron chi connectivity index (χ2n) is 10.4. The Bertz CT molecular complexity index is 793. The van der Waals surface area contributed by atoms with Crippen LogP contribution in [0.5, 0.6) is 0 Å². The number of ketones is 1. The molecule has 2 aliphatic rings. The van der Waals surface area contributed by atoms with Crippen LogP contribution in [-0.4, -0.2) is 72.4 Å². The van der Waals surface area contributed by atoms with E-state index >= 15 is 0 Å². The van der Waals surface area contributed by atoms with Gasteiger partial charge in [0.05, 0.1) is 18.1 Å². The van der Waals surface area contributed by atoms with E-state index in [9.17, 15) is 28.1 Å². The standard InChI is InChI=1S/C21H37N3O7S/c1-20(2)13-16(14-21(3,4)23(20)5)18(25)12-15(6-9-31-24(27)28)19(26)22-17-7-10-32(29,30)11-8-17/h15-17H,6-14H2,1-5H3,(H,22,26). The number of rotatable bonds is 9. The van der Waals surface area contributed by atoms with E-state index in [0.29, 0.717) is 25.7 Å². The molecule has 1 amide bonds. The third-order valence-electron chi connectivity index (χ3n) is 7.15. The predicted octanol–water partition coefficient (Wildman–Crippen LogP) is 1.75. The Morgan fingerprint density at radius 3 is 2.19 bits per heavy atom. The van der Waals surface area contributed by atoms with Gasteiger partial charge in [-0.2, -0.15) is 0 Å². The van der Waals surface area contributed by atoms with Gasteiger partial charge in [0.1, 0.15) is 15.6 Å². The Balaban J connectivity index is 2.06. The summed E-state index contributed by atoms with van der Waals surface area (Å²) >= 11 is 0. The second-order valence-corrected chi connectivity index (χ2v) is 12.7. The van der Waals surface area contributed by atoms with Crippen LogP contribution in [0, 0.1) is 22.0 Å². The van der Waals surface area contributed by atoms with Crippen LogP contribution in [0.15, 0.2) is 0 Å². The van der Waals surface area contributed by atoms with Gasteiger partial charge in [0.2, 0.25) is 5.91 Å². The van der Waals surface area contributed by atoms with Crippen molar-refractivity contribution in [2.75, 3.05) is 25.2 Å². The molecule has 0 saturated carbocycles. The van der Waals surface area contributed by atoms with Crippen LogP contribution in [-0.2, 0) is 24.3 Å². The Morgan fingerprint density at radius 1 is 1.16 bits per heavy atom. The quantitative estimate of drug-likeness (QED) is 0.393. The Hall–Kier alpha value is -1.75. The van der Waals surface area contributed by atoms with Gasteiger partial charge in [0.15, 0.2) is 0 Å². The second kappa shape index (κ2) is 10.0. The highest BCUT2D eigenvalue weighted by Crippen LogP contribution is 2.41. The van der Waals surface area contributed by atoms with Gasteiger partial charge in [-0.1, -0.05) is 0 Å². The summed E-state index contributed by atoms with van der Waals surface area (Å²) in [5.41, 5.74) is -0.357. The van der Waals surface area contributed by atoms with Gasteiger partial charge in [-0.25, -0.2) is 8.42 Å². The molecule has 10 nitrogen and oxygen atoms in total. The summed E-state index contributed by atoms with van der Waals surface area (Å²) in [6.45, 7) is 8.11. The van der Waals surface area contributed by atoms with Crippen LogP contribution in [0.1, 0.15) is 66.2 Å². The lowest BCUT2D eigenvalue weighted by molar-refractivity contribution is -0.758. The van der Waals surface area contributed by atoms with E-state index in [1.807, 2.05) is 0 Å². The topological polar surface area (TPSA) is 136 Å². The molecule has 0 bridgehead atoms. The highest BCUT2D eigenvalue weighted by atomic mass is 32.2. The van der Waals surface area contributed by atoms with E-state index in [2.05, 4.69) is 49.8 Å². The summed E-state index contributed by atoms with van der Waals surface area (Å²) in [6, 6.07) is -0.277. The molecule has 2 rings (SSSR count). The van der Waals surface area contributed by atoms with Crippen molar-refractivity contribution in [3.8, 4) is 0 Å². The molecule has 184 valence electrons. The summed E-state index contributed by atoms with van der Waals surface area (Å²) in [6.07, 6.45) is 2.04. The number of piperidine rings is 1. The predicted molar refractivity (Wildman–Crippen MR) is 119 cm³/mol. The Labute approximate surface area is 190 Å². The molecule has 2 fully saturated rings. The van der Waals surface area contributed by atoms with Crippen LogP contribution in [0.2, 0.25) is 0 Å². The van der Waals surface area contributed by atoms with E-state index in [0.717, 1.165) is 0 Å². The van der Waals surface area contributed by atoms with E-state index in [1.54, 1.807) is 0 Å². The number of nitrogens with zero attached hydrogens (tertiary/aromatic N) is 2. The number of nitrogens with one attached hydrogen (secondary N) is 1. The van der Waals surface area contributed by atoms with Crippen molar-refractivity contribution in [1.82, 2.24) is 10.2 Å². The summed E-state index contributed by atoms with van der Waals surface area (Å²) in [5.74, 6) is -1.32. The number of amides is 1. The number of hydrogen-bond acceptors (Lipinski definition) is 8. The van der Waals surface area contributed by atoms with Crippen LogP contribution in [0.4, 0.5) is 0 Å². The van der Waals surface area contributed by atoms with E-state index in [-0.39, 0.29) is 65.7 Å². The first-order valence-corrected chi connectivity index (χ1v) is 13.0. The molecular weight excluding hydrogens is 438 g/mol. The number of sulfone groups is 1. The summed E-state index contributed by atoms with van der Waals surface area (Å²) in [4.78, 5) is 43.3. The molecule has 0 aliphatic carbocycles. The van der Waals surface area contributed by atoms with Crippen molar-refractivity contribution in [1.29, 1.82) is 0 Å². The van der Waals surface area contributed by atoms with E-state index in [1.165, 1.54) is 0 Å². The van der Waals surface area contributed by atoms with Crippen LogP contribution >= 0.6 is 0 Å². The van der Waals surface area contributed by atoms with Gasteiger partial charge >= 0.3 is 0 Å². The van der Waals surface area contributed by atoms with Crippen molar-refractivity contribution in [2.45, 2.75) is 83.3 Å². The normalized spacial score (nSPS) is 24.4. The molecule has 0 spiro atoms. The SMILES string of the molecule is CN1C(C)(C)CC(C(=O)CC(CCO[N+](=O)[O-])C(=O)NC2CCS(=O)(=O)CC2)CC1(C)C. The van der Waals surface area contributed by atoms with Gasteiger partial charge in [0.25, 0.3) is 5.09 Å². The average molecular weight is 476 g/mol. The van der Waals surface area contributed by atoms with Crippen LogP contribution in [0.25, 0.3) is 0 Å². The number of likely N-dealkylation sites (tertiary alicyclic amines) is 1. The minimum absolute atomic E-state index is 0.0154. The van der Waals surface area contributed by atoms with Crippen molar-refractivity contribution < 1.29 is 27.9 Å². The molecule has 0 aromatic rings. The smallest absolute Gasteiger partial charge is 0.294 e. The van der Waals surface area contributed by atoms with Gasteiger partial charge in [0, 0.05) is 35.4 Å².